The fourth-order valence-electron chi connectivity index (χ4n) is 3.95. The van der Waals surface area contributed by atoms with E-state index in [0.29, 0.717) is 5.02 Å². The van der Waals surface area contributed by atoms with Crippen molar-refractivity contribution in [3.8, 4) is 11.3 Å². The molecular formula is C24H13ClN2S. The molecule has 6 rings (SSSR count). The van der Waals surface area contributed by atoms with Crippen LogP contribution in [-0.4, -0.2) is 9.97 Å². The molecule has 0 amide bonds. The maximum atomic E-state index is 6.18. The summed E-state index contributed by atoms with van der Waals surface area (Å²) in [7, 11) is 0. The van der Waals surface area contributed by atoms with Gasteiger partial charge in [0, 0.05) is 26.1 Å². The summed E-state index contributed by atoms with van der Waals surface area (Å²) in [5.41, 5.74) is 2.78. The van der Waals surface area contributed by atoms with Crippen molar-refractivity contribution in [3.05, 3.63) is 84.0 Å². The number of aromatic nitrogens is 2. The highest BCUT2D eigenvalue weighted by Gasteiger charge is 2.16. The number of hydrogen-bond acceptors (Lipinski definition) is 3. The zero-order valence-corrected chi connectivity index (χ0v) is 16.3. The number of benzene rings is 4. The fraction of sp³-hybridized carbons (Fsp3) is 0. The lowest BCUT2D eigenvalue weighted by atomic mass is 9.98. The van der Waals surface area contributed by atoms with Crippen LogP contribution in [-0.2, 0) is 0 Å². The molecule has 0 unspecified atom stereocenters. The first-order valence-electron chi connectivity index (χ1n) is 9.04. The second-order valence-electron chi connectivity index (χ2n) is 6.82. The summed E-state index contributed by atoms with van der Waals surface area (Å²) in [4.78, 5) is 10.7. The molecule has 6 aromatic rings. The van der Waals surface area contributed by atoms with Crippen molar-refractivity contribution in [1.82, 2.24) is 9.97 Å². The zero-order valence-electron chi connectivity index (χ0n) is 14.7. The van der Waals surface area contributed by atoms with Gasteiger partial charge in [0.25, 0.3) is 0 Å². The summed E-state index contributed by atoms with van der Waals surface area (Å²) in [5, 5.41) is 6.88. The van der Waals surface area contributed by atoms with E-state index in [0.717, 1.165) is 21.6 Å². The van der Waals surface area contributed by atoms with E-state index in [1.54, 1.807) is 11.3 Å². The molecule has 0 spiro atoms. The average Bonchev–Trinajstić information content (AvgIpc) is 3.13. The van der Waals surface area contributed by atoms with E-state index in [1.165, 1.54) is 31.6 Å². The van der Waals surface area contributed by atoms with Gasteiger partial charge in [0.05, 0.1) is 11.9 Å². The molecule has 0 saturated carbocycles. The van der Waals surface area contributed by atoms with Crippen LogP contribution >= 0.6 is 22.9 Å². The molecule has 4 aromatic carbocycles. The molecule has 28 heavy (non-hydrogen) atoms. The van der Waals surface area contributed by atoms with Crippen LogP contribution in [0.5, 0.6) is 0 Å². The second-order valence-corrected chi connectivity index (χ2v) is 8.25. The lowest BCUT2D eigenvalue weighted by Gasteiger charge is -2.07. The van der Waals surface area contributed by atoms with Gasteiger partial charge in [-0.1, -0.05) is 72.3 Å². The van der Waals surface area contributed by atoms with Crippen LogP contribution in [0, 0.1) is 0 Å². The van der Waals surface area contributed by atoms with Crippen LogP contribution in [0.1, 0.15) is 0 Å². The Morgan fingerprint density at radius 2 is 1.46 bits per heavy atom. The van der Waals surface area contributed by atoms with Gasteiger partial charge in [-0.3, -0.25) is 0 Å². The Hall–Kier alpha value is -3.01. The number of hydrogen-bond donors (Lipinski definition) is 0. The molecule has 0 bridgehead atoms. The first-order valence-corrected chi connectivity index (χ1v) is 10.2. The summed E-state index contributed by atoms with van der Waals surface area (Å²) >= 11 is 7.90. The first-order chi connectivity index (χ1) is 13.8. The largest absolute Gasteiger partial charge is 0.243 e. The van der Waals surface area contributed by atoms with Crippen molar-refractivity contribution < 1.29 is 0 Å². The van der Waals surface area contributed by atoms with E-state index in [1.807, 2.05) is 30.5 Å². The Labute approximate surface area is 170 Å². The Kier molecular flexibility index (Phi) is 3.42. The maximum Gasteiger partial charge on any atom is 0.143 e. The molecule has 0 atom stereocenters. The molecule has 0 aliphatic heterocycles. The van der Waals surface area contributed by atoms with Crippen LogP contribution in [0.4, 0.5) is 0 Å². The molecule has 0 fully saturated rings. The minimum atomic E-state index is 0.700. The van der Waals surface area contributed by atoms with Crippen LogP contribution < -0.4 is 0 Å². The van der Waals surface area contributed by atoms with Gasteiger partial charge in [-0.05, 0) is 28.3 Å². The van der Waals surface area contributed by atoms with Crippen LogP contribution in [0.25, 0.3) is 53.2 Å². The Balaban J connectivity index is 1.80. The van der Waals surface area contributed by atoms with Crippen molar-refractivity contribution in [2.45, 2.75) is 0 Å². The van der Waals surface area contributed by atoms with E-state index in [4.69, 9.17) is 21.6 Å². The van der Waals surface area contributed by atoms with Gasteiger partial charge in [-0.15, -0.1) is 11.3 Å². The van der Waals surface area contributed by atoms with Crippen LogP contribution in [0.15, 0.2) is 79.0 Å². The molecule has 132 valence electrons. The number of fused-ring (bicyclic) bond motifs is 8. The van der Waals surface area contributed by atoms with Gasteiger partial charge < -0.3 is 0 Å². The van der Waals surface area contributed by atoms with E-state index in [-0.39, 0.29) is 0 Å². The highest BCUT2D eigenvalue weighted by atomic mass is 35.5. The third-order valence-corrected chi connectivity index (χ3v) is 6.54. The van der Waals surface area contributed by atoms with Gasteiger partial charge in [-0.25, -0.2) is 9.97 Å². The smallest absolute Gasteiger partial charge is 0.143 e. The van der Waals surface area contributed by atoms with Crippen LogP contribution in [0.3, 0.4) is 0 Å². The third-order valence-electron chi connectivity index (χ3n) is 5.18. The molecular weight excluding hydrogens is 384 g/mol. The molecule has 0 saturated heterocycles. The van der Waals surface area contributed by atoms with Crippen LogP contribution in [0.2, 0.25) is 5.02 Å². The fourth-order valence-corrected chi connectivity index (χ4v) is 5.28. The van der Waals surface area contributed by atoms with E-state index >= 15 is 0 Å². The number of nitrogens with zero attached hydrogens (tertiary/aromatic N) is 2. The lowest BCUT2D eigenvalue weighted by molar-refractivity contribution is 1.32. The van der Waals surface area contributed by atoms with Crippen molar-refractivity contribution in [2.75, 3.05) is 0 Å². The summed E-state index contributed by atoms with van der Waals surface area (Å²) in [6.45, 7) is 0. The van der Waals surface area contributed by atoms with Gasteiger partial charge in [0.2, 0.25) is 0 Å². The minimum absolute atomic E-state index is 0.700. The minimum Gasteiger partial charge on any atom is -0.243 e. The summed E-state index contributed by atoms with van der Waals surface area (Å²) in [6, 6.07) is 24.9. The zero-order chi connectivity index (χ0) is 18.7. The quantitative estimate of drug-likeness (QED) is 0.269. The summed E-state index contributed by atoms with van der Waals surface area (Å²) < 4.78 is 1.24. The molecule has 0 N–H and O–H groups in total. The Morgan fingerprint density at radius 3 is 2.25 bits per heavy atom. The maximum absolute atomic E-state index is 6.18. The first kappa shape index (κ1) is 16.0. The molecule has 0 aliphatic rings. The predicted octanol–water partition coefficient (Wildman–Crippen LogP) is 7.47. The molecule has 0 radical (unpaired) electrons. The van der Waals surface area contributed by atoms with E-state index in [9.17, 15) is 0 Å². The monoisotopic (exact) mass is 396 g/mol. The molecule has 2 aromatic heterocycles. The van der Waals surface area contributed by atoms with Gasteiger partial charge in [0.1, 0.15) is 10.3 Å². The SMILES string of the molecule is Clc1cccc(-c2cnc3sc4c5ccccc5c5ccccc5c4c3n2)c1. The highest BCUT2D eigenvalue weighted by Crippen LogP contribution is 2.42. The molecule has 4 heteroatoms. The standard InChI is InChI=1S/C24H13ClN2S/c25-15-7-5-6-14(12-15)20-13-26-24-22(27-20)21-18-10-3-1-8-16(18)17-9-2-4-11-19(17)23(21)28-24/h1-13H. The summed E-state index contributed by atoms with van der Waals surface area (Å²) in [6.07, 6.45) is 1.84. The molecule has 2 heterocycles. The van der Waals surface area contributed by atoms with E-state index in [2.05, 4.69) is 48.5 Å². The Morgan fingerprint density at radius 1 is 0.750 bits per heavy atom. The third kappa shape index (κ3) is 2.27. The van der Waals surface area contributed by atoms with E-state index < -0.39 is 0 Å². The molecule has 2 nitrogen and oxygen atoms in total. The second kappa shape index (κ2) is 5.99. The van der Waals surface area contributed by atoms with Crippen molar-refractivity contribution in [3.63, 3.8) is 0 Å². The van der Waals surface area contributed by atoms with Crippen molar-refractivity contribution in [1.29, 1.82) is 0 Å². The number of thiophene rings is 1. The number of halogens is 1. The molecule has 0 aliphatic carbocycles. The number of rotatable bonds is 1. The topological polar surface area (TPSA) is 25.8 Å². The predicted molar refractivity (Wildman–Crippen MR) is 120 cm³/mol. The van der Waals surface area contributed by atoms with Gasteiger partial charge in [0.15, 0.2) is 0 Å². The van der Waals surface area contributed by atoms with Crippen molar-refractivity contribution >= 4 is 64.9 Å². The van der Waals surface area contributed by atoms with Gasteiger partial charge >= 0.3 is 0 Å². The Bertz CT molecular complexity index is 1530. The van der Waals surface area contributed by atoms with Gasteiger partial charge in [-0.2, -0.15) is 0 Å². The normalized spacial score (nSPS) is 11.8. The average molecular weight is 397 g/mol. The lowest BCUT2D eigenvalue weighted by Crippen LogP contribution is -1.87. The van der Waals surface area contributed by atoms with Crippen molar-refractivity contribution in [2.24, 2.45) is 0 Å². The highest BCUT2D eigenvalue weighted by molar-refractivity contribution is 7.26. The summed E-state index contributed by atoms with van der Waals surface area (Å²) in [5.74, 6) is 0.